The number of rotatable bonds is 8. The molecule has 0 radical (unpaired) electrons. The lowest BCUT2D eigenvalue weighted by Gasteiger charge is -2.02. The van der Waals surface area contributed by atoms with Crippen LogP contribution in [-0.4, -0.2) is 4.75 Å². The Kier molecular flexibility index (Phi) is 6.76. The molecule has 0 saturated heterocycles. The Bertz CT molecular complexity index is 230. The highest BCUT2D eigenvalue weighted by molar-refractivity contribution is 7.26. The molecule has 1 aromatic rings. The van der Waals surface area contributed by atoms with Crippen LogP contribution >= 0.6 is 8.35 Å². The first-order valence-electron chi connectivity index (χ1n) is 6.39. The number of aromatic nitrogens is 1. The van der Waals surface area contributed by atoms with Crippen LogP contribution in [0.3, 0.4) is 0 Å². The van der Waals surface area contributed by atoms with Crippen LogP contribution < -0.4 is 0 Å². The fourth-order valence-corrected chi connectivity index (χ4v) is 2.88. The van der Waals surface area contributed by atoms with Crippen LogP contribution in [0.5, 0.6) is 0 Å². The first-order chi connectivity index (χ1) is 7.38. The number of hydrogen-bond acceptors (Lipinski definition) is 1. The van der Waals surface area contributed by atoms with Crippen molar-refractivity contribution in [3.05, 3.63) is 17.1 Å². The Labute approximate surface area is 95.8 Å². The Morgan fingerprint density at radius 2 is 1.67 bits per heavy atom. The van der Waals surface area contributed by atoms with Crippen molar-refractivity contribution in [1.29, 1.82) is 0 Å². The highest BCUT2D eigenvalue weighted by atomic mass is 31.0. The average Bonchev–Trinajstić information content (AvgIpc) is 2.67. The largest absolute Gasteiger partial charge is 0.248 e. The van der Waals surface area contributed by atoms with Crippen molar-refractivity contribution < 1.29 is 0 Å². The maximum Gasteiger partial charge on any atom is 0.0344 e. The molecule has 0 fully saturated rings. The zero-order valence-electron chi connectivity index (χ0n) is 10.2. The van der Waals surface area contributed by atoms with Gasteiger partial charge in [0.25, 0.3) is 0 Å². The van der Waals surface area contributed by atoms with Gasteiger partial charge in [-0.2, -0.15) is 0 Å². The first-order valence-corrected chi connectivity index (χ1v) is 7.34. The Morgan fingerprint density at radius 1 is 1.00 bits per heavy atom. The molecule has 0 aliphatic heterocycles. The average molecular weight is 225 g/mol. The molecule has 2 heteroatoms. The second-order valence-corrected chi connectivity index (χ2v) is 5.37. The fourth-order valence-electron chi connectivity index (χ4n) is 1.89. The maximum absolute atomic E-state index is 4.43. The van der Waals surface area contributed by atoms with Gasteiger partial charge in [-0.05, 0) is 44.9 Å². The predicted octanol–water partition coefficient (Wildman–Crippen LogP) is 4.58. The molecule has 1 aromatic heterocycles. The van der Waals surface area contributed by atoms with Gasteiger partial charge in [0.05, 0.1) is 0 Å². The topological polar surface area (TPSA) is 12.9 Å². The number of hydrogen-bond donors (Lipinski definition) is 0. The van der Waals surface area contributed by atoms with E-state index in [-0.39, 0.29) is 0 Å². The van der Waals surface area contributed by atoms with Crippen LogP contribution in [0.1, 0.15) is 63.2 Å². The molecule has 0 bridgehead atoms. The van der Waals surface area contributed by atoms with E-state index in [1.807, 2.05) is 0 Å². The van der Waals surface area contributed by atoms with Crippen LogP contribution in [-0.2, 0) is 12.8 Å². The third-order valence-electron chi connectivity index (χ3n) is 2.89. The molecule has 0 amide bonds. The third-order valence-corrected chi connectivity index (χ3v) is 3.99. The standard InChI is InChI=1S/C13H24NP/c1-3-5-7-9-12-11-14-15-13(12)10-8-6-4-2/h11,15H,3-10H2,1-2H3. The van der Waals surface area contributed by atoms with Crippen molar-refractivity contribution in [1.82, 2.24) is 4.75 Å². The lowest BCUT2D eigenvalue weighted by Crippen LogP contribution is -1.89. The molecule has 86 valence electrons. The second-order valence-electron chi connectivity index (χ2n) is 4.29. The molecule has 15 heavy (non-hydrogen) atoms. The van der Waals surface area contributed by atoms with Crippen LogP contribution in [0.15, 0.2) is 6.20 Å². The summed E-state index contributed by atoms with van der Waals surface area (Å²) in [6, 6.07) is 0. The quantitative estimate of drug-likeness (QED) is 0.590. The number of unbranched alkanes of at least 4 members (excludes halogenated alkanes) is 4. The van der Waals surface area contributed by atoms with E-state index < -0.39 is 0 Å². The van der Waals surface area contributed by atoms with Crippen molar-refractivity contribution in [2.45, 2.75) is 65.2 Å². The van der Waals surface area contributed by atoms with E-state index in [9.17, 15) is 0 Å². The minimum atomic E-state index is 0.752. The van der Waals surface area contributed by atoms with Gasteiger partial charge in [-0.1, -0.05) is 39.5 Å². The molecule has 0 aliphatic rings. The minimum Gasteiger partial charge on any atom is -0.248 e. The summed E-state index contributed by atoms with van der Waals surface area (Å²) < 4.78 is 4.43. The van der Waals surface area contributed by atoms with Crippen molar-refractivity contribution in [2.75, 3.05) is 0 Å². The van der Waals surface area contributed by atoms with E-state index in [1.54, 1.807) is 10.9 Å². The van der Waals surface area contributed by atoms with E-state index >= 15 is 0 Å². The highest BCUT2D eigenvalue weighted by Crippen LogP contribution is 2.22. The predicted molar refractivity (Wildman–Crippen MR) is 70.2 cm³/mol. The summed E-state index contributed by atoms with van der Waals surface area (Å²) in [5, 5.41) is 1.65. The zero-order chi connectivity index (χ0) is 10.9. The van der Waals surface area contributed by atoms with Gasteiger partial charge in [-0.25, -0.2) is 4.75 Å². The van der Waals surface area contributed by atoms with Crippen molar-refractivity contribution in [2.24, 2.45) is 0 Å². The van der Waals surface area contributed by atoms with E-state index in [0.29, 0.717) is 0 Å². The lowest BCUT2D eigenvalue weighted by molar-refractivity contribution is 0.699. The molecule has 1 atom stereocenters. The smallest absolute Gasteiger partial charge is 0.0344 e. The minimum absolute atomic E-state index is 0.752. The highest BCUT2D eigenvalue weighted by Gasteiger charge is 2.03. The van der Waals surface area contributed by atoms with Gasteiger partial charge in [0, 0.05) is 6.20 Å². The third kappa shape index (κ3) is 4.84. The van der Waals surface area contributed by atoms with Gasteiger partial charge in [0.2, 0.25) is 0 Å². The Balaban J connectivity index is 2.32. The SMILES string of the molecule is CCCCCc1cn[pH]c1CCCCC. The first kappa shape index (κ1) is 12.8. The molecule has 0 saturated carbocycles. The molecule has 1 unspecified atom stereocenters. The van der Waals surface area contributed by atoms with Crippen LogP contribution in [0.25, 0.3) is 0 Å². The lowest BCUT2D eigenvalue weighted by atomic mass is 10.1. The van der Waals surface area contributed by atoms with Crippen molar-refractivity contribution >= 4 is 8.35 Å². The summed E-state index contributed by atoms with van der Waals surface area (Å²) in [4.78, 5) is 0. The van der Waals surface area contributed by atoms with Gasteiger partial charge >= 0.3 is 0 Å². The van der Waals surface area contributed by atoms with Gasteiger partial charge in [-0.3, -0.25) is 0 Å². The molecule has 0 aromatic carbocycles. The summed E-state index contributed by atoms with van der Waals surface area (Å²) in [7, 11) is 0.752. The van der Waals surface area contributed by atoms with Gasteiger partial charge in [0.15, 0.2) is 0 Å². The molecule has 0 aliphatic carbocycles. The summed E-state index contributed by atoms with van der Waals surface area (Å²) in [5.74, 6) is 0. The zero-order valence-corrected chi connectivity index (χ0v) is 11.2. The number of nitrogens with zero attached hydrogens (tertiary/aromatic N) is 1. The molecule has 0 spiro atoms. The monoisotopic (exact) mass is 225 g/mol. The van der Waals surface area contributed by atoms with Crippen LogP contribution in [0, 0.1) is 0 Å². The fraction of sp³-hybridized carbons (Fsp3) is 0.769. The van der Waals surface area contributed by atoms with Crippen molar-refractivity contribution in [3.8, 4) is 0 Å². The van der Waals surface area contributed by atoms with E-state index in [0.717, 1.165) is 8.35 Å². The van der Waals surface area contributed by atoms with Gasteiger partial charge < -0.3 is 0 Å². The molecular weight excluding hydrogens is 201 g/mol. The summed E-state index contributed by atoms with van der Waals surface area (Å²) in [6.45, 7) is 4.53. The van der Waals surface area contributed by atoms with E-state index in [2.05, 4.69) is 24.8 Å². The molecule has 1 rings (SSSR count). The summed E-state index contributed by atoms with van der Waals surface area (Å²) in [6.07, 6.45) is 12.8. The molecule has 0 N–H and O–H groups in total. The van der Waals surface area contributed by atoms with E-state index in [4.69, 9.17) is 0 Å². The van der Waals surface area contributed by atoms with E-state index in [1.165, 1.54) is 51.4 Å². The van der Waals surface area contributed by atoms with Gasteiger partial charge in [-0.15, -0.1) is 0 Å². The second kappa shape index (κ2) is 7.93. The molecule has 1 nitrogen and oxygen atoms in total. The normalized spacial score (nSPS) is 11.3. The summed E-state index contributed by atoms with van der Waals surface area (Å²) in [5.41, 5.74) is 1.57. The Hall–Kier alpha value is -0.290. The van der Waals surface area contributed by atoms with Crippen LogP contribution in [0.2, 0.25) is 0 Å². The van der Waals surface area contributed by atoms with Crippen LogP contribution in [0.4, 0.5) is 0 Å². The number of aryl methyl sites for hydroxylation is 2. The molecular formula is C13H24NP. The summed E-state index contributed by atoms with van der Waals surface area (Å²) >= 11 is 0. The Morgan fingerprint density at radius 3 is 2.33 bits per heavy atom. The maximum atomic E-state index is 4.43. The van der Waals surface area contributed by atoms with Crippen molar-refractivity contribution in [3.63, 3.8) is 0 Å². The molecule has 1 heterocycles. The van der Waals surface area contributed by atoms with Gasteiger partial charge in [0.1, 0.15) is 0 Å².